The molecule has 0 aromatic rings. The van der Waals surface area contributed by atoms with Crippen molar-refractivity contribution in [1.82, 2.24) is 4.90 Å². The molecule has 1 aliphatic rings. The van der Waals surface area contributed by atoms with Crippen LogP contribution in [0.15, 0.2) is 0 Å². The second-order valence-corrected chi connectivity index (χ2v) is 5.40. The van der Waals surface area contributed by atoms with Crippen molar-refractivity contribution in [2.45, 2.75) is 39.7 Å². The van der Waals surface area contributed by atoms with E-state index in [0.717, 1.165) is 38.8 Å². The molecule has 0 aliphatic carbocycles. The Kier molecular flexibility index (Phi) is 4.93. The van der Waals surface area contributed by atoms with Crippen molar-refractivity contribution in [2.75, 3.05) is 26.7 Å². The zero-order chi connectivity index (χ0) is 12.2. The van der Waals surface area contributed by atoms with Crippen LogP contribution in [0, 0.1) is 11.3 Å². The summed E-state index contributed by atoms with van der Waals surface area (Å²) < 4.78 is 5.49. The number of likely N-dealkylation sites (tertiary alicyclic amines) is 1. The van der Waals surface area contributed by atoms with Gasteiger partial charge in [0.25, 0.3) is 0 Å². The van der Waals surface area contributed by atoms with Crippen LogP contribution in [0.2, 0.25) is 0 Å². The third-order valence-corrected chi connectivity index (χ3v) is 3.95. The fraction of sp³-hybridized carbons (Fsp3) is 0.923. The van der Waals surface area contributed by atoms with E-state index in [1.54, 1.807) is 7.11 Å². The topological polar surface area (TPSA) is 29.5 Å². The van der Waals surface area contributed by atoms with Gasteiger partial charge in [0.15, 0.2) is 0 Å². The van der Waals surface area contributed by atoms with E-state index in [-0.39, 0.29) is 5.41 Å². The highest BCUT2D eigenvalue weighted by Gasteiger charge is 2.31. The molecule has 1 aliphatic heterocycles. The lowest BCUT2D eigenvalue weighted by Crippen LogP contribution is -2.47. The summed E-state index contributed by atoms with van der Waals surface area (Å²) in [4.78, 5) is 13.5. The van der Waals surface area contributed by atoms with Crippen molar-refractivity contribution in [3.8, 4) is 0 Å². The van der Waals surface area contributed by atoms with Gasteiger partial charge in [0.1, 0.15) is 6.29 Å². The molecule has 94 valence electrons. The summed E-state index contributed by atoms with van der Waals surface area (Å²) in [6.07, 6.45) is 3.49. The molecule has 0 aromatic heterocycles. The third kappa shape index (κ3) is 3.29. The lowest BCUT2D eigenvalue weighted by Gasteiger charge is -2.39. The Balaban J connectivity index is 2.53. The standard InChI is InChI=1S/C13H25NO2/c1-5-13(3,10-15)9-14-7-6-11(2)12(8-14)16-4/h10-12H,5-9H2,1-4H3. The van der Waals surface area contributed by atoms with Crippen LogP contribution in [0.4, 0.5) is 0 Å². The van der Waals surface area contributed by atoms with Crippen molar-refractivity contribution in [2.24, 2.45) is 11.3 Å². The average molecular weight is 227 g/mol. The van der Waals surface area contributed by atoms with Crippen LogP contribution in [0.3, 0.4) is 0 Å². The molecule has 0 radical (unpaired) electrons. The number of rotatable bonds is 5. The van der Waals surface area contributed by atoms with Crippen molar-refractivity contribution in [3.63, 3.8) is 0 Å². The molecular formula is C13H25NO2. The minimum atomic E-state index is -0.196. The molecule has 0 N–H and O–H groups in total. The van der Waals surface area contributed by atoms with E-state index in [1.165, 1.54) is 0 Å². The summed E-state index contributed by atoms with van der Waals surface area (Å²) in [7, 11) is 1.78. The highest BCUT2D eigenvalue weighted by Crippen LogP contribution is 2.25. The molecule has 0 amide bonds. The normalized spacial score (nSPS) is 31.0. The first kappa shape index (κ1) is 13.7. The molecule has 0 spiro atoms. The van der Waals surface area contributed by atoms with Crippen molar-refractivity contribution in [3.05, 3.63) is 0 Å². The summed E-state index contributed by atoms with van der Waals surface area (Å²) in [5.41, 5.74) is -0.196. The van der Waals surface area contributed by atoms with Gasteiger partial charge in [-0.3, -0.25) is 4.90 Å². The molecule has 3 heteroatoms. The van der Waals surface area contributed by atoms with Crippen LogP contribution in [0.1, 0.15) is 33.6 Å². The maximum absolute atomic E-state index is 11.1. The Morgan fingerprint density at radius 1 is 1.56 bits per heavy atom. The number of piperidine rings is 1. The maximum Gasteiger partial charge on any atom is 0.127 e. The van der Waals surface area contributed by atoms with Crippen LogP contribution in [0.5, 0.6) is 0 Å². The molecule has 0 aromatic carbocycles. The predicted molar refractivity (Wildman–Crippen MR) is 65.5 cm³/mol. The molecule has 1 heterocycles. The maximum atomic E-state index is 11.1. The number of aldehydes is 1. The van der Waals surface area contributed by atoms with Gasteiger partial charge in [0, 0.05) is 25.6 Å². The largest absolute Gasteiger partial charge is 0.380 e. The zero-order valence-corrected chi connectivity index (χ0v) is 11.0. The SMILES string of the molecule is CCC(C)(C=O)CN1CCC(C)C(OC)C1. The monoisotopic (exact) mass is 227 g/mol. The van der Waals surface area contributed by atoms with Crippen LogP contribution in [-0.2, 0) is 9.53 Å². The van der Waals surface area contributed by atoms with Gasteiger partial charge < -0.3 is 9.53 Å². The summed E-state index contributed by atoms with van der Waals surface area (Å²) >= 11 is 0. The molecule has 0 saturated carbocycles. The molecule has 1 saturated heterocycles. The number of methoxy groups -OCH3 is 1. The van der Waals surface area contributed by atoms with Gasteiger partial charge >= 0.3 is 0 Å². The molecule has 1 rings (SSSR count). The highest BCUT2D eigenvalue weighted by atomic mass is 16.5. The van der Waals surface area contributed by atoms with E-state index < -0.39 is 0 Å². The fourth-order valence-electron chi connectivity index (χ4n) is 2.29. The van der Waals surface area contributed by atoms with E-state index in [1.807, 2.05) is 6.92 Å². The molecule has 3 nitrogen and oxygen atoms in total. The lowest BCUT2D eigenvalue weighted by molar-refractivity contribution is -0.117. The minimum absolute atomic E-state index is 0.196. The number of nitrogens with zero attached hydrogens (tertiary/aromatic N) is 1. The van der Waals surface area contributed by atoms with Crippen molar-refractivity contribution < 1.29 is 9.53 Å². The van der Waals surface area contributed by atoms with Crippen molar-refractivity contribution in [1.29, 1.82) is 0 Å². The molecule has 3 atom stereocenters. The van der Waals surface area contributed by atoms with E-state index in [4.69, 9.17) is 4.74 Å². The summed E-state index contributed by atoms with van der Waals surface area (Å²) in [6.45, 7) is 9.27. The van der Waals surface area contributed by atoms with Gasteiger partial charge in [-0.05, 0) is 25.3 Å². The fourth-order valence-corrected chi connectivity index (χ4v) is 2.29. The van der Waals surface area contributed by atoms with Crippen molar-refractivity contribution >= 4 is 6.29 Å². The Bertz CT molecular complexity index is 232. The van der Waals surface area contributed by atoms with Gasteiger partial charge in [-0.1, -0.05) is 20.8 Å². The second kappa shape index (κ2) is 5.78. The predicted octanol–water partition coefficient (Wildman–Crippen LogP) is 1.96. The van der Waals surface area contributed by atoms with Gasteiger partial charge in [0.05, 0.1) is 6.10 Å². The van der Waals surface area contributed by atoms with Gasteiger partial charge in [-0.15, -0.1) is 0 Å². The highest BCUT2D eigenvalue weighted by molar-refractivity contribution is 5.58. The summed E-state index contributed by atoms with van der Waals surface area (Å²) in [5, 5.41) is 0. The Morgan fingerprint density at radius 3 is 2.75 bits per heavy atom. The first-order chi connectivity index (χ1) is 7.54. The van der Waals surface area contributed by atoms with Crippen LogP contribution < -0.4 is 0 Å². The summed E-state index contributed by atoms with van der Waals surface area (Å²) in [5.74, 6) is 0.630. The number of carbonyl (C=O) groups is 1. The second-order valence-electron chi connectivity index (χ2n) is 5.40. The molecule has 1 fully saturated rings. The number of carbonyl (C=O) groups excluding carboxylic acids is 1. The Hall–Kier alpha value is -0.410. The molecule has 0 bridgehead atoms. The van der Waals surface area contributed by atoms with E-state index in [2.05, 4.69) is 18.7 Å². The molecule has 3 unspecified atom stereocenters. The summed E-state index contributed by atoms with van der Waals surface area (Å²) in [6, 6.07) is 0. The third-order valence-electron chi connectivity index (χ3n) is 3.95. The number of ether oxygens (including phenoxy) is 1. The van der Waals surface area contributed by atoms with Crippen LogP contribution in [-0.4, -0.2) is 44.0 Å². The Morgan fingerprint density at radius 2 is 2.25 bits per heavy atom. The zero-order valence-electron chi connectivity index (χ0n) is 11.0. The van der Waals surface area contributed by atoms with Gasteiger partial charge in [-0.2, -0.15) is 0 Å². The quantitative estimate of drug-likeness (QED) is 0.672. The van der Waals surface area contributed by atoms with E-state index in [9.17, 15) is 4.79 Å². The average Bonchev–Trinajstić information content (AvgIpc) is 2.31. The first-order valence-electron chi connectivity index (χ1n) is 6.26. The number of hydrogen-bond donors (Lipinski definition) is 0. The van der Waals surface area contributed by atoms with Gasteiger partial charge in [0.2, 0.25) is 0 Å². The minimum Gasteiger partial charge on any atom is -0.380 e. The number of hydrogen-bond acceptors (Lipinski definition) is 3. The smallest absolute Gasteiger partial charge is 0.127 e. The molecule has 16 heavy (non-hydrogen) atoms. The van der Waals surface area contributed by atoms with Crippen LogP contribution >= 0.6 is 0 Å². The van der Waals surface area contributed by atoms with Crippen LogP contribution in [0.25, 0.3) is 0 Å². The van der Waals surface area contributed by atoms with E-state index >= 15 is 0 Å². The first-order valence-corrected chi connectivity index (χ1v) is 6.26. The van der Waals surface area contributed by atoms with E-state index in [0.29, 0.717) is 12.0 Å². The lowest BCUT2D eigenvalue weighted by atomic mass is 9.87. The Labute approximate surface area is 99.1 Å². The van der Waals surface area contributed by atoms with Gasteiger partial charge in [-0.25, -0.2) is 0 Å². The molecular weight excluding hydrogens is 202 g/mol.